The first kappa shape index (κ1) is 17.6. The van der Waals surface area contributed by atoms with Gasteiger partial charge in [-0.05, 0) is 78.5 Å². The van der Waals surface area contributed by atoms with Crippen LogP contribution in [0.1, 0.15) is 72.9 Å². The van der Waals surface area contributed by atoms with Gasteiger partial charge in [-0.1, -0.05) is 51.5 Å². The summed E-state index contributed by atoms with van der Waals surface area (Å²) in [6, 6.07) is 10.8. The normalized spacial score (nSPS) is 12.4. The van der Waals surface area contributed by atoms with E-state index in [-0.39, 0.29) is 0 Å². The second-order valence-corrected chi connectivity index (χ2v) is 6.84. The summed E-state index contributed by atoms with van der Waals surface area (Å²) in [5.74, 6) is 0.818. The Morgan fingerprint density at radius 1 is 0.957 bits per heavy atom. The van der Waals surface area contributed by atoms with E-state index in [2.05, 4.69) is 58.9 Å². The van der Waals surface area contributed by atoms with Crippen LogP contribution in [0.2, 0.25) is 0 Å². The average molecular weight is 310 g/mol. The van der Waals surface area contributed by atoms with Gasteiger partial charge in [0, 0.05) is 0 Å². The molecule has 0 fully saturated rings. The number of hydrogen-bond donors (Lipinski definition) is 1. The SMILES string of the molecule is CCCc1cc(C)c(Cc2ccc(O)c(C(C)CC)c2)c(C)c1. The van der Waals surface area contributed by atoms with Crippen molar-refractivity contribution in [2.45, 2.75) is 66.2 Å². The fourth-order valence-electron chi connectivity index (χ4n) is 3.33. The molecule has 0 aliphatic carbocycles. The Kier molecular flexibility index (Phi) is 5.87. The highest BCUT2D eigenvalue weighted by Crippen LogP contribution is 2.30. The molecular weight excluding hydrogens is 280 g/mol. The summed E-state index contributed by atoms with van der Waals surface area (Å²) in [5.41, 5.74) is 7.98. The summed E-state index contributed by atoms with van der Waals surface area (Å²) < 4.78 is 0. The number of aromatic hydroxyl groups is 1. The third-order valence-corrected chi connectivity index (χ3v) is 4.91. The fourth-order valence-corrected chi connectivity index (χ4v) is 3.33. The predicted octanol–water partition coefficient (Wildman–Crippen LogP) is 6.07. The first-order valence-electron chi connectivity index (χ1n) is 8.87. The summed E-state index contributed by atoms with van der Waals surface area (Å²) in [6.45, 7) is 11.0. The van der Waals surface area contributed by atoms with Gasteiger partial charge in [0.05, 0.1) is 0 Å². The predicted molar refractivity (Wildman–Crippen MR) is 99.5 cm³/mol. The Morgan fingerprint density at radius 2 is 1.61 bits per heavy atom. The number of benzene rings is 2. The lowest BCUT2D eigenvalue weighted by Gasteiger charge is -2.16. The van der Waals surface area contributed by atoms with E-state index in [9.17, 15) is 5.11 Å². The molecule has 0 aromatic heterocycles. The maximum atomic E-state index is 10.1. The molecule has 2 aromatic carbocycles. The van der Waals surface area contributed by atoms with Crippen LogP contribution in [0.15, 0.2) is 30.3 Å². The molecule has 1 unspecified atom stereocenters. The molecule has 0 radical (unpaired) electrons. The van der Waals surface area contributed by atoms with Gasteiger partial charge in [-0.15, -0.1) is 0 Å². The summed E-state index contributed by atoms with van der Waals surface area (Å²) in [7, 11) is 0. The fraction of sp³-hybridized carbons (Fsp3) is 0.455. The van der Waals surface area contributed by atoms with Gasteiger partial charge in [0.2, 0.25) is 0 Å². The van der Waals surface area contributed by atoms with E-state index in [0.29, 0.717) is 11.7 Å². The molecule has 0 spiro atoms. The van der Waals surface area contributed by atoms with Gasteiger partial charge in [0.25, 0.3) is 0 Å². The lowest BCUT2D eigenvalue weighted by molar-refractivity contribution is 0.461. The number of hydrogen-bond acceptors (Lipinski definition) is 1. The van der Waals surface area contributed by atoms with Crippen molar-refractivity contribution in [3.8, 4) is 5.75 Å². The van der Waals surface area contributed by atoms with Crippen molar-refractivity contribution in [3.63, 3.8) is 0 Å². The molecule has 1 nitrogen and oxygen atoms in total. The van der Waals surface area contributed by atoms with Crippen molar-refractivity contribution < 1.29 is 5.11 Å². The zero-order valence-corrected chi connectivity index (χ0v) is 15.2. The van der Waals surface area contributed by atoms with Crippen molar-refractivity contribution in [2.24, 2.45) is 0 Å². The van der Waals surface area contributed by atoms with Crippen LogP contribution in [-0.4, -0.2) is 5.11 Å². The molecule has 0 aliphatic rings. The Bertz CT molecular complexity index is 647. The lowest BCUT2D eigenvalue weighted by Crippen LogP contribution is -2.00. The topological polar surface area (TPSA) is 20.2 Å². The lowest BCUT2D eigenvalue weighted by atomic mass is 9.90. The summed E-state index contributed by atoms with van der Waals surface area (Å²) in [4.78, 5) is 0. The molecule has 2 aromatic rings. The first-order valence-corrected chi connectivity index (χ1v) is 8.87. The smallest absolute Gasteiger partial charge is 0.119 e. The van der Waals surface area contributed by atoms with Crippen LogP contribution < -0.4 is 0 Å². The van der Waals surface area contributed by atoms with Crippen molar-refractivity contribution in [3.05, 3.63) is 63.7 Å². The molecule has 23 heavy (non-hydrogen) atoms. The average Bonchev–Trinajstić information content (AvgIpc) is 2.52. The molecule has 124 valence electrons. The minimum absolute atomic E-state index is 0.393. The van der Waals surface area contributed by atoms with Crippen LogP contribution >= 0.6 is 0 Å². The van der Waals surface area contributed by atoms with E-state index in [1.54, 1.807) is 0 Å². The molecule has 0 saturated carbocycles. The molecular formula is C22H30O. The summed E-state index contributed by atoms with van der Waals surface area (Å²) in [5, 5.41) is 10.1. The first-order chi connectivity index (χ1) is 11.0. The van der Waals surface area contributed by atoms with Crippen LogP contribution in [0, 0.1) is 13.8 Å². The zero-order valence-electron chi connectivity index (χ0n) is 15.2. The Balaban J connectivity index is 2.32. The molecule has 1 heteroatoms. The van der Waals surface area contributed by atoms with Gasteiger partial charge in [0.1, 0.15) is 5.75 Å². The van der Waals surface area contributed by atoms with Crippen LogP contribution in [0.4, 0.5) is 0 Å². The van der Waals surface area contributed by atoms with Gasteiger partial charge < -0.3 is 5.11 Å². The van der Waals surface area contributed by atoms with Crippen molar-refractivity contribution in [2.75, 3.05) is 0 Å². The number of phenols is 1. The summed E-state index contributed by atoms with van der Waals surface area (Å²) >= 11 is 0. The van der Waals surface area contributed by atoms with E-state index in [1.165, 1.54) is 34.2 Å². The van der Waals surface area contributed by atoms with Crippen molar-refractivity contribution >= 4 is 0 Å². The quantitative estimate of drug-likeness (QED) is 0.687. The van der Waals surface area contributed by atoms with Gasteiger partial charge in [0.15, 0.2) is 0 Å². The highest BCUT2D eigenvalue weighted by Gasteiger charge is 2.11. The van der Waals surface area contributed by atoms with E-state index < -0.39 is 0 Å². The largest absolute Gasteiger partial charge is 0.508 e. The minimum Gasteiger partial charge on any atom is -0.508 e. The van der Waals surface area contributed by atoms with Crippen LogP contribution in [0.25, 0.3) is 0 Å². The number of rotatable bonds is 6. The number of phenolic OH excluding ortho intramolecular Hbond substituents is 1. The van der Waals surface area contributed by atoms with E-state index >= 15 is 0 Å². The maximum absolute atomic E-state index is 10.1. The summed E-state index contributed by atoms with van der Waals surface area (Å²) in [6.07, 6.45) is 4.32. The zero-order chi connectivity index (χ0) is 17.0. The van der Waals surface area contributed by atoms with Crippen LogP contribution in [0.5, 0.6) is 5.75 Å². The molecule has 1 atom stereocenters. The van der Waals surface area contributed by atoms with Crippen LogP contribution in [-0.2, 0) is 12.8 Å². The highest BCUT2D eigenvalue weighted by molar-refractivity contribution is 5.44. The van der Waals surface area contributed by atoms with E-state index in [4.69, 9.17) is 0 Å². The molecule has 0 bridgehead atoms. The van der Waals surface area contributed by atoms with E-state index in [0.717, 1.165) is 24.8 Å². The molecule has 1 N–H and O–H groups in total. The molecule has 0 saturated heterocycles. The minimum atomic E-state index is 0.393. The Morgan fingerprint density at radius 3 is 2.17 bits per heavy atom. The third kappa shape index (κ3) is 4.16. The van der Waals surface area contributed by atoms with Gasteiger partial charge in [-0.3, -0.25) is 0 Å². The van der Waals surface area contributed by atoms with Crippen LogP contribution in [0.3, 0.4) is 0 Å². The molecule has 0 aliphatic heterocycles. The molecule has 0 amide bonds. The molecule has 2 rings (SSSR count). The standard InChI is InChI=1S/C22H30O/c1-6-8-18-11-16(4)20(17(5)12-18)13-19-9-10-22(23)21(14-19)15(3)7-2/h9-12,14-15,23H,6-8,13H2,1-5H3. The van der Waals surface area contributed by atoms with Crippen molar-refractivity contribution in [1.82, 2.24) is 0 Å². The highest BCUT2D eigenvalue weighted by atomic mass is 16.3. The van der Waals surface area contributed by atoms with Crippen molar-refractivity contribution in [1.29, 1.82) is 0 Å². The second-order valence-electron chi connectivity index (χ2n) is 6.84. The monoisotopic (exact) mass is 310 g/mol. The third-order valence-electron chi connectivity index (χ3n) is 4.91. The molecule has 0 heterocycles. The second kappa shape index (κ2) is 7.68. The Hall–Kier alpha value is -1.76. The van der Waals surface area contributed by atoms with E-state index in [1.807, 2.05) is 6.07 Å². The van der Waals surface area contributed by atoms with Gasteiger partial charge in [-0.2, -0.15) is 0 Å². The maximum Gasteiger partial charge on any atom is 0.119 e. The van der Waals surface area contributed by atoms with Gasteiger partial charge in [-0.25, -0.2) is 0 Å². The van der Waals surface area contributed by atoms with Gasteiger partial charge >= 0.3 is 0 Å². The Labute approximate surface area is 141 Å². The number of aryl methyl sites for hydroxylation is 3.